The van der Waals surface area contributed by atoms with Gasteiger partial charge in [-0.3, -0.25) is 0 Å². The molecule has 0 unspecified atom stereocenters. The topological polar surface area (TPSA) is 50.3 Å². The Kier molecular flexibility index (Phi) is 3.71. The van der Waals surface area contributed by atoms with Crippen molar-refractivity contribution in [1.82, 2.24) is 15.3 Å². The van der Waals surface area contributed by atoms with Gasteiger partial charge in [0.25, 0.3) is 0 Å². The zero-order valence-corrected chi connectivity index (χ0v) is 10.6. The predicted molar refractivity (Wildman–Crippen MR) is 69.9 cm³/mol. The molecule has 2 aliphatic rings. The number of ether oxygens (including phenoxy) is 1. The van der Waals surface area contributed by atoms with E-state index in [1.807, 2.05) is 0 Å². The summed E-state index contributed by atoms with van der Waals surface area (Å²) in [4.78, 5) is 11.2. The van der Waals surface area contributed by atoms with Gasteiger partial charge in [-0.05, 0) is 12.8 Å². The summed E-state index contributed by atoms with van der Waals surface area (Å²) in [5.74, 6) is 1.62. The molecule has 0 spiro atoms. The summed E-state index contributed by atoms with van der Waals surface area (Å²) in [5.41, 5.74) is 1.18. The van der Waals surface area contributed by atoms with Crippen molar-refractivity contribution in [1.29, 1.82) is 0 Å². The lowest BCUT2D eigenvalue weighted by molar-refractivity contribution is 0.0845. The van der Waals surface area contributed by atoms with Crippen LogP contribution in [0.15, 0.2) is 12.4 Å². The van der Waals surface area contributed by atoms with Crippen molar-refractivity contribution in [3.8, 4) is 0 Å². The standard InChI is InChI=1S/C13H20N4O/c1-7-18-8-2-11(1)12-9-13(16-10-15-12)17-5-3-14-4-6-17/h9-11,14H,1-8H2. The van der Waals surface area contributed by atoms with E-state index in [1.165, 1.54) is 5.69 Å². The highest BCUT2D eigenvalue weighted by Crippen LogP contribution is 2.26. The number of hydrogen-bond acceptors (Lipinski definition) is 5. The Morgan fingerprint density at radius 2 is 1.94 bits per heavy atom. The van der Waals surface area contributed by atoms with Crippen LogP contribution in [0.4, 0.5) is 5.82 Å². The number of anilines is 1. The first-order valence-electron chi connectivity index (χ1n) is 6.79. The number of hydrogen-bond donors (Lipinski definition) is 1. The highest BCUT2D eigenvalue weighted by molar-refractivity contribution is 5.40. The molecular formula is C13H20N4O. The summed E-state index contributed by atoms with van der Waals surface area (Å²) in [5, 5.41) is 3.36. The molecule has 18 heavy (non-hydrogen) atoms. The van der Waals surface area contributed by atoms with Gasteiger partial charge in [0.1, 0.15) is 12.1 Å². The molecule has 98 valence electrons. The van der Waals surface area contributed by atoms with Gasteiger partial charge in [-0.2, -0.15) is 0 Å². The lowest BCUT2D eigenvalue weighted by Gasteiger charge is -2.29. The molecule has 5 heteroatoms. The van der Waals surface area contributed by atoms with Gasteiger partial charge < -0.3 is 15.0 Å². The molecule has 2 saturated heterocycles. The van der Waals surface area contributed by atoms with E-state index in [2.05, 4.69) is 26.3 Å². The lowest BCUT2D eigenvalue weighted by Crippen LogP contribution is -2.44. The van der Waals surface area contributed by atoms with Gasteiger partial charge in [-0.15, -0.1) is 0 Å². The first kappa shape index (κ1) is 11.9. The second-order valence-electron chi connectivity index (χ2n) is 4.92. The van der Waals surface area contributed by atoms with Crippen LogP contribution in [-0.2, 0) is 4.74 Å². The van der Waals surface area contributed by atoms with Crippen LogP contribution in [0, 0.1) is 0 Å². The molecule has 0 aliphatic carbocycles. The van der Waals surface area contributed by atoms with E-state index in [0.717, 1.165) is 58.1 Å². The second kappa shape index (κ2) is 5.63. The molecule has 3 heterocycles. The molecule has 0 radical (unpaired) electrons. The van der Waals surface area contributed by atoms with Crippen molar-refractivity contribution in [2.45, 2.75) is 18.8 Å². The van der Waals surface area contributed by atoms with Crippen LogP contribution in [-0.4, -0.2) is 49.4 Å². The molecule has 0 aromatic carbocycles. The molecule has 1 aromatic heterocycles. The Morgan fingerprint density at radius 3 is 2.72 bits per heavy atom. The average molecular weight is 248 g/mol. The highest BCUT2D eigenvalue weighted by Gasteiger charge is 2.19. The first-order valence-corrected chi connectivity index (χ1v) is 6.79. The van der Waals surface area contributed by atoms with E-state index in [1.54, 1.807) is 6.33 Å². The SMILES string of the molecule is c1nc(C2CCOCC2)cc(N2CCNCC2)n1. The van der Waals surface area contributed by atoms with E-state index in [9.17, 15) is 0 Å². The molecule has 2 aliphatic heterocycles. The predicted octanol–water partition coefficient (Wildman–Crippen LogP) is 0.780. The van der Waals surface area contributed by atoms with Crippen molar-refractivity contribution in [2.75, 3.05) is 44.3 Å². The zero-order valence-electron chi connectivity index (χ0n) is 10.6. The maximum absolute atomic E-state index is 5.41. The van der Waals surface area contributed by atoms with Gasteiger partial charge in [0.05, 0.1) is 0 Å². The van der Waals surface area contributed by atoms with Gasteiger partial charge in [-0.1, -0.05) is 0 Å². The summed E-state index contributed by atoms with van der Waals surface area (Å²) in [6.45, 7) is 5.86. The van der Waals surface area contributed by atoms with Crippen LogP contribution >= 0.6 is 0 Å². The smallest absolute Gasteiger partial charge is 0.132 e. The van der Waals surface area contributed by atoms with Crippen LogP contribution in [0.3, 0.4) is 0 Å². The van der Waals surface area contributed by atoms with Crippen LogP contribution in [0.1, 0.15) is 24.5 Å². The minimum absolute atomic E-state index is 0.545. The van der Waals surface area contributed by atoms with E-state index in [0.29, 0.717) is 5.92 Å². The summed E-state index contributed by atoms with van der Waals surface area (Å²) in [6, 6.07) is 2.17. The fraction of sp³-hybridized carbons (Fsp3) is 0.692. The lowest BCUT2D eigenvalue weighted by atomic mass is 9.96. The maximum Gasteiger partial charge on any atom is 0.132 e. The van der Waals surface area contributed by atoms with Crippen LogP contribution in [0.2, 0.25) is 0 Å². The summed E-state index contributed by atoms with van der Waals surface area (Å²) in [6.07, 6.45) is 3.87. The molecule has 0 saturated carbocycles. The van der Waals surface area contributed by atoms with Gasteiger partial charge in [0.2, 0.25) is 0 Å². The van der Waals surface area contributed by atoms with Crippen molar-refractivity contribution < 1.29 is 4.74 Å². The molecule has 3 rings (SSSR count). The van der Waals surface area contributed by atoms with Gasteiger partial charge >= 0.3 is 0 Å². The summed E-state index contributed by atoms with van der Waals surface area (Å²) < 4.78 is 5.41. The van der Waals surface area contributed by atoms with Gasteiger partial charge in [-0.25, -0.2) is 9.97 Å². The van der Waals surface area contributed by atoms with Crippen molar-refractivity contribution in [3.05, 3.63) is 18.1 Å². The minimum Gasteiger partial charge on any atom is -0.381 e. The second-order valence-corrected chi connectivity index (χ2v) is 4.92. The molecule has 5 nitrogen and oxygen atoms in total. The molecular weight excluding hydrogens is 228 g/mol. The molecule has 0 amide bonds. The zero-order chi connectivity index (χ0) is 12.2. The fourth-order valence-electron chi connectivity index (χ4n) is 2.64. The Balaban J connectivity index is 1.75. The third-order valence-electron chi connectivity index (χ3n) is 3.75. The van der Waals surface area contributed by atoms with Crippen LogP contribution < -0.4 is 10.2 Å². The first-order chi connectivity index (χ1) is 8.93. The summed E-state index contributed by atoms with van der Waals surface area (Å²) in [7, 11) is 0. The van der Waals surface area contributed by atoms with Gasteiger partial charge in [0, 0.05) is 57.1 Å². The highest BCUT2D eigenvalue weighted by atomic mass is 16.5. The minimum atomic E-state index is 0.545. The number of nitrogens with one attached hydrogen (secondary N) is 1. The average Bonchev–Trinajstić information content (AvgIpc) is 2.49. The third-order valence-corrected chi connectivity index (χ3v) is 3.75. The molecule has 0 bridgehead atoms. The Bertz CT molecular complexity index is 353. The summed E-state index contributed by atoms with van der Waals surface area (Å²) >= 11 is 0. The Labute approximate surface area is 108 Å². The Hall–Kier alpha value is -1.20. The van der Waals surface area contributed by atoms with Gasteiger partial charge in [0.15, 0.2) is 0 Å². The van der Waals surface area contributed by atoms with E-state index in [-0.39, 0.29) is 0 Å². The molecule has 0 atom stereocenters. The van der Waals surface area contributed by atoms with Crippen molar-refractivity contribution >= 4 is 5.82 Å². The van der Waals surface area contributed by atoms with Crippen molar-refractivity contribution in [3.63, 3.8) is 0 Å². The number of nitrogens with zero attached hydrogens (tertiary/aromatic N) is 3. The fourth-order valence-corrected chi connectivity index (χ4v) is 2.64. The largest absolute Gasteiger partial charge is 0.381 e. The molecule has 2 fully saturated rings. The quantitative estimate of drug-likeness (QED) is 0.838. The maximum atomic E-state index is 5.41. The number of aromatic nitrogens is 2. The van der Waals surface area contributed by atoms with E-state index >= 15 is 0 Å². The van der Waals surface area contributed by atoms with E-state index < -0.39 is 0 Å². The normalized spacial score (nSPS) is 22.1. The molecule has 1 N–H and O–H groups in total. The van der Waals surface area contributed by atoms with E-state index in [4.69, 9.17) is 4.74 Å². The van der Waals surface area contributed by atoms with Crippen LogP contribution in [0.5, 0.6) is 0 Å². The third kappa shape index (κ3) is 2.62. The number of piperazine rings is 1. The monoisotopic (exact) mass is 248 g/mol. The molecule has 1 aromatic rings. The van der Waals surface area contributed by atoms with Crippen LogP contribution in [0.25, 0.3) is 0 Å². The Morgan fingerprint density at radius 1 is 1.17 bits per heavy atom. The number of rotatable bonds is 2. The van der Waals surface area contributed by atoms with Crippen molar-refractivity contribution in [2.24, 2.45) is 0 Å².